The first-order valence-corrected chi connectivity index (χ1v) is 8.49. The maximum absolute atomic E-state index is 10.9. The highest BCUT2D eigenvalue weighted by Gasteiger charge is 2.13. The lowest BCUT2D eigenvalue weighted by Crippen LogP contribution is -2.01. The second kappa shape index (κ2) is 6.02. The Morgan fingerprint density at radius 3 is 2.67 bits per heavy atom. The van der Waals surface area contributed by atoms with Crippen molar-refractivity contribution in [2.75, 3.05) is 0 Å². The van der Waals surface area contributed by atoms with E-state index in [4.69, 9.17) is 5.11 Å². The first kappa shape index (κ1) is 14.8. The summed E-state index contributed by atoms with van der Waals surface area (Å²) in [5.74, 6) is -0.970. The molecule has 0 spiro atoms. The zero-order valence-electron chi connectivity index (χ0n) is 12.0. The fourth-order valence-electron chi connectivity index (χ4n) is 2.12. The number of aromatic nitrogens is 5. The minimum absolute atomic E-state index is 0.215. The number of para-hydroxylation sites is 1. The fraction of sp³-hybridized carbons (Fsp3) is 0. The van der Waals surface area contributed by atoms with E-state index in [0.717, 1.165) is 14.6 Å². The molecule has 0 fully saturated rings. The van der Waals surface area contributed by atoms with Crippen molar-refractivity contribution < 1.29 is 9.90 Å². The fourth-order valence-corrected chi connectivity index (χ4v) is 4.09. The van der Waals surface area contributed by atoms with Crippen molar-refractivity contribution >= 4 is 39.3 Å². The number of hydrogen-bond donors (Lipinski definition) is 1. The van der Waals surface area contributed by atoms with Crippen molar-refractivity contribution in [3.63, 3.8) is 0 Å². The van der Waals surface area contributed by atoms with Gasteiger partial charge < -0.3 is 5.11 Å². The number of carboxylic acid groups (broad SMARTS) is 1. The standard InChI is InChI=1S/C15H9N5O2S2/c21-13(22)9-5-7-10(8-6-9)20-14(17-18-19-20)24-15-16-11-3-1-2-4-12(11)23-15/h1-8H,(H,21,22). The molecule has 0 bridgehead atoms. The van der Waals surface area contributed by atoms with Crippen molar-refractivity contribution in [2.24, 2.45) is 0 Å². The molecule has 2 aromatic heterocycles. The Morgan fingerprint density at radius 2 is 1.92 bits per heavy atom. The lowest BCUT2D eigenvalue weighted by atomic mass is 10.2. The van der Waals surface area contributed by atoms with E-state index in [1.165, 1.54) is 23.9 Å². The predicted octanol–water partition coefficient (Wildman–Crippen LogP) is 3.12. The summed E-state index contributed by atoms with van der Waals surface area (Å²) in [6.45, 7) is 0. The zero-order chi connectivity index (χ0) is 16.5. The number of hydrogen-bond acceptors (Lipinski definition) is 7. The maximum Gasteiger partial charge on any atom is 0.335 e. The molecule has 4 aromatic rings. The lowest BCUT2D eigenvalue weighted by Gasteiger charge is -2.03. The van der Waals surface area contributed by atoms with Gasteiger partial charge in [0.2, 0.25) is 5.16 Å². The number of aromatic carboxylic acids is 1. The molecule has 0 radical (unpaired) electrons. The molecule has 4 rings (SSSR count). The molecule has 0 saturated heterocycles. The molecular formula is C15H9N5O2S2. The Kier molecular flexibility index (Phi) is 3.71. The molecule has 2 heterocycles. The Bertz CT molecular complexity index is 993. The molecule has 118 valence electrons. The summed E-state index contributed by atoms with van der Waals surface area (Å²) in [5, 5.41) is 21.2. The van der Waals surface area contributed by atoms with Gasteiger partial charge in [-0.3, -0.25) is 0 Å². The van der Waals surface area contributed by atoms with E-state index in [1.807, 2.05) is 24.3 Å². The number of thiazole rings is 1. The van der Waals surface area contributed by atoms with Crippen LogP contribution in [0.2, 0.25) is 0 Å². The molecule has 9 heteroatoms. The van der Waals surface area contributed by atoms with Gasteiger partial charge in [0.25, 0.3) is 0 Å². The van der Waals surface area contributed by atoms with Crippen LogP contribution >= 0.6 is 23.1 Å². The first-order valence-electron chi connectivity index (χ1n) is 6.86. The van der Waals surface area contributed by atoms with Gasteiger partial charge in [-0.25, -0.2) is 9.78 Å². The highest BCUT2D eigenvalue weighted by Crippen LogP contribution is 2.33. The van der Waals surface area contributed by atoms with E-state index < -0.39 is 5.97 Å². The third kappa shape index (κ3) is 2.74. The molecule has 0 aliphatic carbocycles. The van der Waals surface area contributed by atoms with E-state index >= 15 is 0 Å². The minimum Gasteiger partial charge on any atom is -0.478 e. The van der Waals surface area contributed by atoms with Crippen LogP contribution in [0.3, 0.4) is 0 Å². The number of nitrogens with zero attached hydrogens (tertiary/aromatic N) is 5. The van der Waals surface area contributed by atoms with Gasteiger partial charge in [-0.05, 0) is 58.6 Å². The molecule has 0 unspecified atom stereocenters. The molecule has 0 amide bonds. The van der Waals surface area contributed by atoms with Crippen LogP contribution in [0, 0.1) is 0 Å². The van der Waals surface area contributed by atoms with Crippen LogP contribution in [0.5, 0.6) is 0 Å². The monoisotopic (exact) mass is 355 g/mol. The third-order valence-electron chi connectivity index (χ3n) is 3.25. The molecule has 24 heavy (non-hydrogen) atoms. The predicted molar refractivity (Wildman–Crippen MR) is 89.9 cm³/mol. The Balaban J connectivity index is 1.65. The van der Waals surface area contributed by atoms with Gasteiger partial charge >= 0.3 is 5.97 Å². The summed E-state index contributed by atoms with van der Waals surface area (Å²) in [6.07, 6.45) is 0. The SMILES string of the molecule is O=C(O)c1ccc(-n2nnnc2Sc2nc3ccccc3s2)cc1. The van der Waals surface area contributed by atoms with Gasteiger partial charge in [-0.2, -0.15) is 4.68 Å². The van der Waals surface area contributed by atoms with E-state index in [0.29, 0.717) is 10.8 Å². The van der Waals surface area contributed by atoms with Crippen LogP contribution in [0.15, 0.2) is 58.0 Å². The number of fused-ring (bicyclic) bond motifs is 1. The molecule has 2 aromatic carbocycles. The van der Waals surface area contributed by atoms with Crippen molar-refractivity contribution in [2.45, 2.75) is 9.50 Å². The molecule has 0 aliphatic heterocycles. The summed E-state index contributed by atoms with van der Waals surface area (Å²) in [7, 11) is 0. The van der Waals surface area contributed by atoms with Crippen LogP contribution in [-0.2, 0) is 0 Å². The number of carboxylic acids is 1. The van der Waals surface area contributed by atoms with Crippen molar-refractivity contribution in [1.29, 1.82) is 0 Å². The normalized spacial score (nSPS) is 11.0. The first-order chi connectivity index (χ1) is 11.7. The quantitative estimate of drug-likeness (QED) is 0.601. The van der Waals surface area contributed by atoms with Crippen LogP contribution in [0.4, 0.5) is 0 Å². The molecule has 0 saturated carbocycles. The van der Waals surface area contributed by atoms with E-state index in [2.05, 4.69) is 20.5 Å². The van der Waals surface area contributed by atoms with E-state index in [9.17, 15) is 4.79 Å². The Morgan fingerprint density at radius 1 is 1.12 bits per heavy atom. The second-order valence-corrected chi connectivity index (χ2v) is 7.02. The highest BCUT2D eigenvalue weighted by atomic mass is 32.2. The maximum atomic E-state index is 10.9. The highest BCUT2D eigenvalue weighted by molar-refractivity contribution is 8.01. The van der Waals surface area contributed by atoms with Crippen molar-refractivity contribution in [3.05, 3.63) is 54.1 Å². The van der Waals surface area contributed by atoms with Crippen molar-refractivity contribution in [1.82, 2.24) is 25.2 Å². The van der Waals surface area contributed by atoms with Crippen LogP contribution in [-0.4, -0.2) is 36.3 Å². The Labute approximate surface area is 144 Å². The van der Waals surface area contributed by atoms with Gasteiger partial charge in [-0.1, -0.05) is 12.1 Å². The van der Waals surface area contributed by atoms with E-state index in [-0.39, 0.29) is 5.56 Å². The lowest BCUT2D eigenvalue weighted by molar-refractivity contribution is 0.0697. The van der Waals surface area contributed by atoms with Crippen LogP contribution in [0.25, 0.3) is 15.9 Å². The molecule has 0 aliphatic rings. The minimum atomic E-state index is -0.970. The summed E-state index contributed by atoms with van der Waals surface area (Å²) >= 11 is 2.94. The summed E-state index contributed by atoms with van der Waals surface area (Å²) in [5.41, 5.74) is 1.84. The van der Waals surface area contributed by atoms with E-state index in [1.54, 1.807) is 28.2 Å². The van der Waals surface area contributed by atoms with Crippen LogP contribution in [0.1, 0.15) is 10.4 Å². The smallest absolute Gasteiger partial charge is 0.335 e. The zero-order valence-corrected chi connectivity index (χ0v) is 13.7. The third-order valence-corrected chi connectivity index (χ3v) is 5.29. The molecule has 1 N–H and O–H groups in total. The average Bonchev–Trinajstić information content (AvgIpc) is 3.21. The largest absolute Gasteiger partial charge is 0.478 e. The number of benzene rings is 2. The summed E-state index contributed by atoms with van der Waals surface area (Å²) in [6, 6.07) is 14.3. The average molecular weight is 355 g/mol. The topological polar surface area (TPSA) is 93.8 Å². The van der Waals surface area contributed by atoms with Gasteiger partial charge in [0.1, 0.15) is 0 Å². The number of tetrazole rings is 1. The van der Waals surface area contributed by atoms with Gasteiger partial charge in [0, 0.05) is 0 Å². The Hall–Kier alpha value is -2.78. The summed E-state index contributed by atoms with van der Waals surface area (Å²) < 4.78 is 3.50. The number of carbonyl (C=O) groups is 1. The second-order valence-electron chi connectivity index (χ2n) is 4.77. The molecule has 0 atom stereocenters. The molecular weight excluding hydrogens is 346 g/mol. The number of rotatable bonds is 4. The van der Waals surface area contributed by atoms with Gasteiger partial charge in [0.05, 0.1) is 21.5 Å². The summed E-state index contributed by atoms with van der Waals surface area (Å²) in [4.78, 5) is 15.5. The van der Waals surface area contributed by atoms with Crippen molar-refractivity contribution in [3.8, 4) is 5.69 Å². The van der Waals surface area contributed by atoms with Crippen LogP contribution < -0.4 is 0 Å². The van der Waals surface area contributed by atoms with Gasteiger partial charge in [0.15, 0.2) is 4.34 Å². The molecule has 7 nitrogen and oxygen atoms in total. The van der Waals surface area contributed by atoms with Gasteiger partial charge in [-0.15, -0.1) is 16.4 Å².